The minimum atomic E-state index is -0.148. The molecule has 3 N–H and O–H groups in total. The Morgan fingerprint density at radius 3 is 2.86 bits per heavy atom. The SMILES string of the molecule is NNC(c1ccc(Cl)cc1Br)c1cccc2c1OCCC2. The molecule has 0 amide bonds. The van der Waals surface area contributed by atoms with Gasteiger partial charge in [-0.25, -0.2) is 5.43 Å². The van der Waals surface area contributed by atoms with Crippen LogP contribution < -0.4 is 16.0 Å². The lowest BCUT2D eigenvalue weighted by Gasteiger charge is -2.25. The van der Waals surface area contributed by atoms with Gasteiger partial charge in [0.1, 0.15) is 5.75 Å². The number of para-hydroxylation sites is 1. The van der Waals surface area contributed by atoms with Gasteiger partial charge in [-0.1, -0.05) is 51.8 Å². The van der Waals surface area contributed by atoms with Gasteiger partial charge in [0.15, 0.2) is 0 Å². The molecule has 0 saturated heterocycles. The van der Waals surface area contributed by atoms with Gasteiger partial charge in [0.05, 0.1) is 12.6 Å². The van der Waals surface area contributed by atoms with E-state index in [2.05, 4.69) is 39.6 Å². The largest absolute Gasteiger partial charge is 0.493 e. The molecular weight excluding hydrogens is 352 g/mol. The zero-order valence-corrected chi connectivity index (χ0v) is 13.7. The highest BCUT2D eigenvalue weighted by atomic mass is 79.9. The maximum absolute atomic E-state index is 6.02. The number of rotatable bonds is 3. The number of fused-ring (bicyclic) bond motifs is 1. The summed E-state index contributed by atoms with van der Waals surface area (Å²) in [5, 5.41) is 0.688. The van der Waals surface area contributed by atoms with Gasteiger partial charge in [-0.05, 0) is 36.1 Å². The molecule has 2 aromatic rings. The van der Waals surface area contributed by atoms with Crippen molar-refractivity contribution in [2.45, 2.75) is 18.9 Å². The van der Waals surface area contributed by atoms with Crippen molar-refractivity contribution in [1.82, 2.24) is 5.43 Å². The molecular formula is C16H16BrClN2O. The van der Waals surface area contributed by atoms with E-state index < -0.39 is 0 Å². The number of hydrogen-bond acceptors (Lipinski definition) is 3. The third-order valence-corrected chi connectivity index (χ3v) is 4.64. The van der Waals surface area contributed by atoms with Crippen molar-refractivity contribution < 1.29 is 4.74 Å². The fraction of sp³-hybridized carbons (Fsp3) is 0.250. The first-order valence-electron chi connectivity index (χ1n) is 6.86. The van der Waals surface area contributed by atoms with Gasteiger partial charge < -0.3 is 4.74 Å². The second-order valence-electron chi connectivity index (χ2n) is 5.05. The highest BCUT2D eigenvalue weighted by Crippen LogP contribution is 2.38. The Morgan fingerprint density at radius 1 is 1.24 bits per heavy atom. The molecule has 3 nitrogen and oxygen atoms in total. The third kappa shape index (κ3) is 2.94. The van der Waals surface area contributed by atoms with Crippen LogP contribution >= 0.6 is 27.5 Å². The Hall–Kier alpha value is -1.07. The van der Waals surface area contributed by atoms with E-state index in [1.165, 1.54) is 5.56 Å². The average Bonchev–Trinajstić information content (AvgIpc) is 2.50. The van der Waals surface area contributed by atoms with Crippen LogP contribution in [0.25, 0.3) is 0 Å². The number of ether oxygens (including phenoxy) is 1. The van der Waals surface area contributed by atoms with Crippen LogP contribution in [0.5, 0.6) is 5.75 Å². The fourth-order valence-electron chi connectivity index (χ4n) is 2.72. The van der Waals surface area contributed by atoms with Gasteiger partial charge in [-0.3, -0.25) is 5.84 Å². The van der Waals surface area contributed by atoms with E-state index in [0.29, 0.717) is 5.02 Å². The van der Waals surface area contributed by atoms with Gasteiger partial charge in [0, 0.05) is 15.1 Å². The summed E-state index contributed by atoms with van der Waals surface area (Å²) in [5.41, 5.74) is 6.22. The van der Waals surface area contributed by atoms with Crippen LogP contribution in [0.15, 0.2) is 40.9 Å². The zero-order chi connectivity index (χ0) is 14.8. The molecule has 2 aromatic carbocycles. The summed E-state index contributed by atoms with van der Waals surface area (Å²) in [4.78, 5) is 0. The number of halogens is 2. The van der Waals surface area contributed by atoms with Crippen molar-refractivity contribution in [3.8, 4) is 5.75 Å². The molecule has 3 rings (SSSR count). The molecule has 1 heterocycles. The molecule has 0 fully saturated rings. The number of hydrogen-bond donors (Lipinski definition) is 2. The average molecular weight is 368 g/mol. The summed E-state index contributed by atoms with van der Waals surface area (Å²) >= 11 is 9.58. The summed E-state index contributed by atoms with van der Waals surface area (Å²) < 4.78 is 6.81. The molecule has 1 aliphatic rings. The highest BCUT2D eigenvalue weighted by Gasteiger charge is 2.23. The summed E-state index contributed by atoms with van der Waals surface area (Å²) in [6.45, 7) is 0.753. The van der Waals surface area contributed by atoms with Crippen molar-refractivity contribution in [3.05, 3.63) is 62.6 Å². The van der Waals surface area contributed by atoms with Gasteiger partial charge in [0.2, 0.25) is 0 Å². The minimum absolute atomic E-state index is 0.148. The molecule has 1 unspecified atom stereocenters. The Morgan fingerprint density at radius 2 is 2.10 bits per heavy atom. The van der Waals surface area contributed by atoms with E-state index in [9.17, 15) is 0 Å². The number of hydrazine groups is 1. The van der Waals surface area contributed by atoms with Crippen molar-refractivity contribution in [2.24, 2.45) is 5.84 Å². The lowest BCUT2D eigenvalue weighted by atomic mass is 9.94. The van der Waals surface area contributed by atoms with E-state index in [1.54, 1.807) is 0 Å². The van der Waals surface area contributed by atoms with Gasteiger partial charge in [-0.15, -0.1) is 0 Å². The standard InChI is InChI=1S/C16H16BrClN2O/c17-14-9-11(18)6-7-12(14)15(20-19)13-5-1-3-10-4-2-8-21-16(10)13/h1,3,5-7,9,15,20H,2,4,8,19H2. The van der Waals surface area contributed by atoms with Crippen molar-refractivity contribution >= 4 is 27.5 Å². The first-order valence-corrected chi connectivity index (χ1v) is 8.03. The van der Waals surface area contributed by atoms with Crippen LogP contribution in [0.2, 0.25) is 5.02 Å². The summed E-state index contributed by atoms with van der Waals surface area (Å²) in [7, 11) is 0. The van der Waals surface area contributed by atoms with Gasteiger partial charge in [-0.2, -0.15) is 0 Å². The van der Waals surface area contributed by atoms with Crippen LogP contribution in [-0.4, -0.2) is 6.61 Å². The third-order valence-electron chi connectivity index (χ3n) is 3.72. The van der Waals surface area contributed by atoms with Crippen molar-refractivity contribution in [2.75, 3.05) is 6.61 Å². The Labute approximate surface area is 137 Å². The second kappa shape index (κ2) is 6.36. The Kier molecular flexibility index (Phi) is 4.50. The summed E-state index contributed by atoms with van der Waals surface area (Å²) in [6, 6.07) is 11.8. The van der Waals surface area contributed by atoms with Gasteiger partial charge >= 0.3 is 0 Å². The van der Waals surface area contributed by atoms with E-state index in [0.717, 1.165) is 40.8 Å². The first kappa shape index (κ1) is 14.9. The molecule has 0 radical (unpaired) electrons. The molecule has 0 bridgehead atoms. The topological polar surface area (TPSA) is 47.3 Å². The van der Waals surface area contributed by atoms with Crippen molar-refractivity contribution in [3.63, 3.8) is 0 Å². The molecule has 5 heteroatoms. The maximum Gasteiger partial charge on any atom is 0.127 e. The van der Waals surface area contributed by atoms with E-state index >= 15 is 0 Å². The summed E-state index contributed by atoms with van der Waals surface area (Å²) in [6.07, 6.45) is 2.10. The van der Waals surface area contributed by atoms with Crippen LogP contribution in [0.1, 0.15) is 29.2 Å². The van der Waals surface area contributed by atoms with Crippen LogP contribution in [0.3, 0.4) is 0 Å². The van der Waals surface area contributed by atoms with Crippen LogP contribution in [0.4, 0.5) is 0 Å². The van der Waals surface area contributed by atoms with E-state index in [1.807, 2.05) is 18.2 Å². The molecule has 1 aliphatic heterocycles. The smallest absolute Gasteiger partial charge is 0.127 e. The predicted octanol–water partition coefficient (Wildman–Crippen LogP) is 3.98. The quantitative estimate of drug-likeness (QED) is 0.637. The first-order chi connectivity index (χ1) is 10.2. The second-order valence-corrected chi connectivity index (χ2v) is 6.34. The lowest BCUT2D eigenvalue weighted by Crippen LogP contribution is -2.30. The summed E-state index contributed by atoms with van der Waals surface area (Å²) in [5.74, 6) is 6.77. The number of benzene rings is 2. The fourth-order valence-corrected chi connectivity index (χ4v) is 3.64. The Balaban J connectivity index is 2.08. The highest BCUT2D eigenvalue weighted by molar-refractivity contribution is 9.10. The number of nitrogens with two attached hydrogens (primary N) is 1. The van der Waals surface area contributed by atoms with E-state index in [4.69, 9.17) is 22.2 Å². The Bertz CT molecular complexity index is 663. The number of aryl methyl sites for hydroxylation is 1. The molecule has 0 saturated carbocycles. The van der Waals surface area contributed by atoms with E-state index in [-0.39, 0.29) is 6.04 Å². The lowest BCUT2D eigenvalue weighted by molar-refractivity contribution is 0.283. The monoisotopic (exact) mass is 366 g/mol. The van der Waals surface area contributed by atoms with Gasteiger partial charge in [0.25, 0.3) is 0 Å². The molecule has 1 atom stereocenters. The normalized spacial score (nSPS) is 15.2. The van der Waals surface area contributed by atoms with Crippen LogP contribution in [-0.2, 0) is 6.42 Å². The number of nitrogens with one attached hydrogen (secondary N) is 1. The van der Waals surface area contributed by atoms with Crippen molar-refractivity contribution in [1.29, 1.82) is 0 Å². The maximum atomic E-state index is 6.02. The minimum Gasteiger partial charge on any atom is -0.493 e. The predicted molar refractivity (Wildman–Crippen MR) is 88.6 cm³/mol. The molecule has 0 spiro atoms. The molecule has 0 aliphatic carbocycles. The zero-order valence-electron chi connectivity index (χ0n) is 11.4. The molecule has 21 heavy (non-hydrogen) atoms. The molecule has 0 aromatic heterocycles. The molecule has 110 valence electrons. The van der Waals surface area contributed by atoms with Crippen LogP contribution in [0, 0.1) is 0 Å².